The predicted octanol–water partition coefficient (Wildman–Crippen LogP) is 2.74. The van der Waals surface area contributed by atoms with Gasteiger partial charge >= 0.3 is 0 Å². The van der Waals surface area contributed by atoms with Crippen LogP contribution in [-0.2, 0) is 0 Å². The van der Waals surface area contributed by atoms with Crippen LogP contribution < -0.4 is 5.73 Å². The molecule has 0 radical (unpaired) electrons. The van der Waals surface area contributed by atoms with Gasteiger partial charge in [0.2, 0.25) is 0 Å². The average molecular weight is 254 g/mol. The van der Waals surface area contributed by atoms with Gasteiger partial charge in [0.25, 0.3) is 0 Å². The number of nitriles is 1. The number of hydrogen-bond acceptors (Lipinski definition) is 3. The molecule has 2 aromatic rings. The van der Waals surface area contributed by atoms with Crippen LogP contribution >= 0.6 is 0 Å². The maximum atomic E-state index is 8.97. The fourth-order valence-corrected chi connectivity index (χ4v) is 2.11. The zero-order chi connectivity index (χ0) is 13.9. The second kappa shape index (κ2) is 5.25. The molecule has 2 N–H and O–H groups in total. The van der Waals surface area contributed by atoms with Crippen LogP contribution in [0.1, 0.15) is 26.3 Å². The van der Waals surface area contributed by atoms with Crippen molar-refractivity contribution in [2.24, 2.45) is 5.73 Å². The molecule has 1 aromatic carbocycles. The monoisotopic (exact) mass is 254 g/mol. The fourth-order valence-electron chi connectivity index (χ4n) is 2.11. The van der Waals surface area contributed by atoms with Crippen molar-refractivity contribution in [2.75, 3.05) is 0 Å². The smallest absolute Gasteiger partial charge is 0.103 e. The molecule has 2 atom stereocenters. The van der Waals surface area contributed by atoms with E-state index in [-0.39, 0.29) is 6.04 Å². The second-order valence-electron chi connectivity index (χ2n) is 5.16. The van der Waals surface area contributed by atoms with Gasteiger partial charge in [-0.05, 0) is 19.4 Å². The Balaban J connectivity index is 2.16. The lowest BCUT2D eigenvalue weighted by Crippen LogP contribution is -2.36. The summed E-state index contributed by atoms with van der Waals surface area (Å²) in [5.74, 6) is 0. The minimum Gasteiger partial charge on any atom is -0.314 e. The van der Waals surface area contributed by atoms with E-state index in [4.69, 9.17) is 11.0 Å². The highest BCUT2D eigenvalue weighted by Gasteiger charge is 2.22. The Labute approximate surface area is 113 Å². The van der Waals surface area contributed by atoms with Gasteiger partial charge in [0.05, 0.1) is 18.3 Å². The van der Waals surface area contributed by atoms with Crippen LogP contribution in [-0.4, -0.2) is 15.3 Å². The van der Waals surface area contributed by atoms with E-state index in [9.17, 15) is 0 Å². The van der Waals surface area contributed by atoms with Crippen molar-refractivity contribution in [3.8, 4) is 17.2 Å². The Morgan fingerprint density at radius 2 is 2.05 bits per heavy atom. The van der Waals surface area contributed by atoms with Crippen molar-refractivity contribution in [1.29, 1.82) is 5.26 Å². The Bertz CT molecular complexity index is 578. The molecule has 19 heavy (non-hydrogen) atoms. The summed E-state index contributed by atoms with van der Waals surface area (Å²) in [6.45, 7) is 3.76. The highest BCUT2D eigenvalue weighted by Crippen LogP contribution is 2.22. The van der Waals surface area contributed by atoms with Crippen LogP contribution in [0.3, 0.4) is 0 Å². The van der Waals surface area contributed by atoms with Crippen LogP contribution in [0.25, 0.3) is 11.1 Å². The van der Waals surface area contributed by atoms with Crippen LogP contribution in [0.15, 0.2) is 42.7 Å². The number of nitrogens with two attached hydrogens (primary N) is 1. The molecule has 0 fully saturated rings. The number of hydrogen-bond donors (Lipinski definition) is 1. The first kappa shape index (κ1) is 13.3. The van der Waals surface area contributed by atoms with Crippen LogP contribution in [0.5, 0.6) is 0 Å². The number of nitrogens with zero attached hydrogens (tertiary/aromatic N) is 3. The van der Waals surface area contributed by atoms with Gasteiger partial charge < -0.3 is 5.73 Å². The van der Waals surface area contributed by atoms with E-state index in [1.165, 1.54) is 0 Å². The minimum atomic E-state index is -0.821. The molecule has 4 nitrogen and oxygen atoms in total. The van der Waals surface area contributed by atoms with Gasteiger partial charge in [0, 0.05) is 18.2 Å². The summed E-state index contributed by atoms with van der Waals surface area (Å²) in [7, 11) is 0. The molecule has 2 unspecified atom stereocenters. The first-order chi connectivity index (χ1) is 9.02. The van der Waals surface area contributed by atoms with Gasteiger partial charge in [0.1, 0.15) is 5.54 Å². The van der Waals surface area contributed by atoms with Crippen LogP contribution in [0.4, 0.5) is 0 Å². The van der Waals surface area contributed by atoms with Crippen molar-refractivity contribution >= 4 is 0 Å². The molecule has 0 saturated heterocycles. The van der Waals surface area contributed by atoms with Crippen molar-refractivity contribution in [3.05, 3.63) is 42.7 Å². The molecule has 2 rings (SSSR count). The Morgan fingerprint density at radius 1 is 1.37 bits per heavy atom. The lowest BCUT2D eigenvalue weighted by molar-refractivity contribution is 0.386. The van der Waals surface area contributed by atoms with E-state index in [1.54, 1.807) is 6.92 Å². The molecule has 4 heteroatoms. The van der Waals surface area contributed by atoms with E-state index in [0.29, 0.717) is 6.42 Å². The van der Waals surface area contributed by atoms with Crippen molar-refractivity contribution in [2.45, 2.75) is 31.8 Å². The first-order valence-electron chi connectivity index (χ1n) is 6.31. The summed E-state index contributed by atoms with van der Waals surface area (Å²) >= 11 is 0. The van der Waals surface area contributed by atoms with Crippen molar-refractivity contribution in [1.82, 2.24) is 9.78 Å². The third kappa shape index (κ3) is 3.21. The molecule has 0 spiro atoms. The molecule has 0 amide bonds. The summed E-state index contributed by atoms with van der Waals surface area (Å²) in [6, 6.07) is 12.3. The van der Waals surface area contributed by atoms with E-state index in [2.05, 4.69) is 11.2 Å². The fraction of sp³-hybridized carbons (Fsp3) is 0.333. The summed E-state index contributed by atoms with van der Waals surface area (Å²) in [6.07, 6.45) is 4.40. The van der Waals surface area contributed by atoms with E-state index < -0.39 is 5.54 Å². The molecular weight excluding hydrogens is 236 g/mol. The minimum absolute atomic E-state index is 0.0899. The summed E-state index contributed by atoms with van der Waals surface area (Å²) in [5.41, 5.74) is 7.26. The molecule has 0 aliphatic carbocycles. The molecule has 1 heterocycles. The lowest BCUT2D eigenvalue weighted by atomic mass is 9.97. The normalized spacial score (nSPS) is 15.5. The Morgan fingerprint density at radius 3 is 2.68 bits per heavy atom. The van der Waals surface area contributed by atoms with Gasteiger partial charge in [-0.1, -0.05) is 30.3 Å². The Hall–Kier alpha value is -2.12. The molecule has 98 valence electrons. The highest BCUT2D eigenvalue weighted by molar-refractivity contribution is 5.61. The van der Waals surface area contributed by atoms with Crippen molar-refractivity contribution < 1.29 is 0 Å². The average Bonchev–Trinajstić information content (AvgIpc) is 2.89. The quantitative estimate of drug-likeness (QED) is 0.912. The maximum Gasteiger partial charge on any atom is 0.103 e. The number of aromatic nitrogens is 2. The third-order valence-corrected chi connectivity index (χ3v) is 3.14. The standard InChI is InChI=1S/C15H18N4/c1-12(8-15(2,17)11-16)19-10-14(9-18-19)13-6-4-3-5-7-13/h3-7,9-10,12H,8,17H2,1-2H3. The zero-order valence-electron chi connectivity index (χ0n) is 11.2. The van der Waals surface area contributed by atoms with E-state index in [0.717, 1.165) is 11.1 Å². The second-order valence-corrected chi connectivity index (χ2v) is 5.16. The van der Waals surface area contributed by atoms with Gasteiger partial charge in [0.15, 0.2) is 0 Å². The first-order valence-corrected chi connectivity index (χ1v) is 6.31. The van der Waals surface area contributed by atoms with E-state index >= 15 is 0 Å². The SMILES string of the molecule is CC(CC(C)(N)C#N)n1cc(-c2ccccc2)cn1. The molecule has 0 aliphatic rings. The molecule has 0 bridgehead atoms. The van der Waals surface area contributed by atoms with E-state index in [1.807, 2.05) is 54.3 Å². The van der Waals surface area contributed by atoms with Crippen LogP contribution in [0, 0.1) is 11.3 Å². The van der Waals surface area contributed by atoms with Crippen LogP contribution in [0.2, 0.25) is 0 Å². The largest absolute Gasteiger partial charge is 0.314 e. The predicted molar refractivity (Wildman–Crippen MR) is 75.2 cm³/mol. The highest BCUT2D eigenvalue weighted by atomic mass is 15.3. The molecular formula is C15H18N4. The lowest BCUT2D eigenvalue weighted by Gasteiger charge is -2.20. The van der Waals surface area contributed by atoms with Crippen molar-refractivity contribution in [3.63, 3.8) is 0 Å². The van der Waals surface area contributed by atoms with Gasteiger partial charge in [-0.15, -0.1) is 0 Å². The summed E-state index contributed by atoms with van der Waals surface area (Å²) in [4.78, 5) is 0. The molecule has 0 aliphatic heterocycles. The summed E-state index contributed by atoms with van der Waals surface area (Å²) in [5, 5.41) is 13.3. The topological polar surface area (TPSA) is 67.6 Å². The molecule has 1 aromatic heterocycles. The number of benzene rings is 1. The molecule has 0 saturated carbocycles. The zero-order valence-corrected chi connectivity index (χ0v) is 11.2. The Kier molecular flexibility index (Phi) is 3.68. The summed E-state index contributed by atoms with van der Waals surface area (Å²) < 4.78 is 1.87. The van der Waals surface area contributed by atoms with Gasteiger partial charge in [-0.25, -0.2) is 0 Å². The third-order valence-electron chi connectivity index (χ3n) is 3.14. The number of rotatable bonds is 4. The van der Waals surface area contributed by atoms with Gasteiger partial charge in [-0.3, -0.25) is 4.68 Å². The maximum absolute atomic E-state index is 8.97. The van der Waals surface area contributed by atoms with Gasteiger partial charge in [-0.2, -0.15) is 10.4 Å².